The normalized spacial score (nSPS) is 12.6. The molecular formula is C14H19N3S. The Kier molecular flexibility index (Phi) is 4.84. The van der Waals surface area contributed by atoms with E-state index in [4.69, 9.17) is 0 Å². The molecule has 2 rings (SSSR count). The van der Waals surface area contributed by atoms with Crippen LogP contribution in [0.3, 0.4) is 0 Å². The van der Waals surface area contributed by atoms with Gasteiger partial charge in [0, 0.05) is 35.9 Å². The van der Waals surface area contributed by atoms with Crippen molar-refractivity contribution in [1.29, 1.82) is 0 Å². The van der Waals surface area contributed by atoms with Gasteiger partial charge in [-0.1, -0.05) is 13.0 Å². The molecule has 1 N–H and O–H groups in total. The Balaban J connectivity index is 2.10. The lowest BCUT2D eigenvalue weighted by Crippen LogP contribution is -2.24. The highest BCUT2D eigenvalue weighted by Crippen LogP contribution is 2.20. The molecule has 0 fully saturated rings. The number of aromatic nitrogens is 2. The molecule has 1 atom stereocenters. The molecule has 0 radical (unpaired) electrons. The van der Waals surface area contributed by atoms with E-state index in [2.05, 4.69) is 33.7 Å². The van der Waals surface area contributed by atoms with Gasteiger partial charge in [-0.05, 0) is 31.5 Å². The van der Waals surface area contributed by atoms with E-state index in [1.165, 1.54) is 10.6 Å². The van der Waals surface area contributed by atoms with Crippen molar-refractivity contribution in [2.45, 2.75) is 32.7 Å². The smallest absolute Gasteiger partial charge is 0.0947 e. The summed E-state index contributed by atoms with van der Waals surface area (Å²) in [5.74, 6) is 0. The Labute approximate surface area is 112 Å². The van der Waals surface area contributed by atoms with E-state index >= 15 is 0 Å². The first kappa shape index (κ1) is 13.2. The molecule has 0 aliphatic heterocycles. The molecule has 0 amide bonds. The summed E-state index contributed by atoms with van der Waals surface area (Å²) in [5.41, 5.74) is 2.34. The first-order chi connectivity index (χ1) is 8.79. The fourth-order valence-corrected chi connectivity index (χ4v) is 2.70. The average molecular weight is 261 g/mol. The van der Waals surface area contributed by atoms with Gasteiger partial charge in [0.05, 0.1) is 5.01 Å². The number of nitrogens with zero attached hydrogens (tertiary/aromatic N) is 2. The maximum absolute atomic E-state index is 4.54. The second kappa shape index (κ2) is 6.61. The van der Waals surface area contributed by atoms with Crippen LogP contribution in [0.2, 0.25) is 0 Å². The molecular weight excluding hydrogens is 242 g/mol. The SMILES string of the molecule is CCCNC(Cc1nc(C)cs1)c1cccnc1. The largest absolute Gasteiger partial charge is 0.310 e. The van der Waals surface area contributed by atoms with Crippen molar-refractivity contribution in [1.82, 2.24) is 15.3 Å². The van der Waals surface area contributed by atoms with Gasteiger partial charge < -0.3 is 5.32 Å². The van der Waals surface area contributed by atoms with Crippen LogP contribution in [0.4, 0.5) is 0 Å². The Hall–Kier alpha value is -1.26. The van der Waals surface area contributed by atoms with Gasteiger partial charge in [0.2, 0.25) is 0 Å². The molecule has 0 aliphatic carbocycles. The zero-order valence-electron chi connectivity index (χ0n) is 10.9. The maximum atomic E-state index is 4.54. The maximum Gasteiger partial charge on any atom is 0.0947 e. The van der Waals surface area contributed by atoms with Crippen LogP contribution in [0, 0.1) is 6.92 Å². The van der Waals surface area contributed by atoms with Crippen molar-refractivity contribution < 1.29 is 0 Å². The summed E-state index contributed by atoms with van der Waals surface area (Å²) < 4.78 is 0. The first-order valence-electron chi connectivity index (χ1n) is 6.34. The number of pyridine rings is 1. The molecule has 0 aromatic carbocycles. The third kappa shape index (κ3) is 3.62. The van der Waals surface area contributed by atoms with Crippen LogP contribution in [0.1, 0.15) is 35.7 Å². The second-order valence-electron chi connectivity index (χ2n) is 4.38. The number of aryl methyl sites for hydroxylation is 1. The molecule has 96 valence electrons. The van der Waals surface area contributed by atoms with Crippen molar-refractivity contribution >= 4 is 11.3 Å². The van der Waals surface area contributed by atoms with Crippen molar-refractivity contribution in [3.05, 3.63) is 46.2 Å². The molecule has 4 heteroatoms. The summed E-state index contributed by atoms with van der Waals surface area (Å²) in [5, 5.41) is 6.86. The molecule has 18 heavy (non-hydrogen) atoms. The molecule has 0 aliphatic rings. The van der Waals surface area contributed by atoms with Crippen molar-refractivity contribution in [2.24, 2.45) is 0 Å². The van der Waals surface area contributed by atoms with Crippen LogP contribution in [-0.4, -0.2) is 16.5 Å². The van der Waals surface area contributed by atoms with Crippen LogP contribution in [-0.2, 0) is 6.42 Å². The third-order valence-corrected chi connectivity index (χ3v) is 3.76. The zero-order chi connectivity index (χ0) is 12.8. The Morgan fingerprint density at radius 2 is 2.33 bits per heavy atom. The van der Waals surface area contributed by atoms with Gasteiger partial charge in [0.1, 0.15) is 0 Å². The van der Waals surface area contributed by atoms with E-state index in [0.717, 1.165) is 25.1 Å². The van der Waals surface area contributed by atoms with E-state index in [0.29, 0.717) is 6.04 Å². The molecule has 0 saturated carbocycles. The highest BCUT2D eigenvalue weighted by molar-refractivity contribution is 7.09. The molecule has 0 saturated heterocycles. The quantitative estimate of drug-likeness (QED) is 0.868. The Morgan fingerprint density at radius 3 is 2.94 bits per heavy atom. The lowest BCUT2D eigenvalue weighted by molar-refractivity contribution is 0.526. The van der Waals surface area contributed by atoms with Crippen molar-refractivity contribution in [3.8, 4) is 0 Å². The van der Waals surface area contributed by atoms with Gasteiger partial charge in [0.25, 0.3) is 0 Å². The predicted octanol–water partition coefficient (Wildman–Crippen LogP) is 3.13. The average Bonchev–Trinajstić information content (AvgIpc) is 2.81. The monoisotopic (exact) mass is 261 g/mol. The summed E-state index contributed by atoms with van der Waals surface area (Å²) in [6.45, 7) is 5.24. The van der Waals surface area contributed by atoms with E-state index in [-0.39, 0.29) is 0 Å². The van der Waals surface area contributed by atoms with Crippen LogP contribution in [0.5, 0.6) is 0 Å². The van der Waals surface area contributed by atoms with E-state index in [1.807, 2.05) is 25.4 Å². The minimum Gasteiger partial charge on any atom is -0.310 e. The van der Waals surface area contributed by atoms with Gasteiger partial charge >= 0.3 is 0 Å². The first-order valence-corrected chi connectivity index (χ1v) is 7.22. The molecule has 2 aromatic heterocycles. The summed E-state index contributed by atoms with van der Waals surface area (Å²) in [6, 6.07) is 4.42. The van der Waals surface area contributed by atoms with Crippen LogP contribution in [0.15, 0.2) is 29.9 Å². The Morgan fingerprint density at radius 1 is 1.44 bits per heavy atom. The van der Waals surface area contributed by atoms with E-state index in [9.17, 15) is 0 Å². The van der Waals surface area contributed by atoms with E-state index in [1.54, 1.807) is 11.3 Å². The fourth-order valence-electron chi connectivity index (χ4n) is 1.88. The molecule has 0 bridgehead atoms. The highest BCUT2D eigenvalue weighted by Gasteiger charge is 2.13. The van der Waals surface area contributed by atoms with Gasteiger partial charge in [-0.3, -0.25) is 4.98 Å². The number of nitrogens with one attached hydrogen (secondary N) is 1. The minimum absolute atomic E-state index is 0.309. The van der Waals surface area contributed by atoms with Crippen LogP contribution in [0.25, 0.3) is 0 Å². The number of hydrogen-bond donors (Lipinski definition) is 1. The van der Waals surface area contributed by atoms with E-state index < -0.39 is 0 Å². The van der Waals surface area contributed by atoms with Gasteiger partial charge in [-0.25, -0.2) is 4.98 Å². The molecule has 1 unspecified atom stereocenters. The zero-order valence-corrected chi connectivity index (χ0v) is 11.7. The van der Waals surface area contributed by atoms with Crippen molar-refractivity contribution in [3.63, 3.8) is 0 Å². The summed E-state index contributed by atoms with van der Waals surface area (Å²) in [4.78, 5) is 8.75. The highest BCUT2D eigenvalue weighted by atomic mass is 32.1. The van der Waals surface area contributed by atoms with Crippen LogP contribution >= 0.6 is 11.3 Å². The standard InChI is InChI=1S/C14H19N3S/c1-3-6-16-13(12-5-4-7-15-9-12)8-14-17-11(2)10-18-14/h4-5,7,9-10,13,16H,3,6,8H2,1-2H3. The summed E-state index contributed by atoms with van der Waals surface area (Å²) in [6.07, 6.45) is 5.82. The molecule has 3 nitrogen and oxygen atoms in total. The Bertz CT molecular complexity index is 467. The molecule has 2 aromatic rings. The topological polar surface area (TPSA) is 37.8 Å². The second-order valence-corrected chi connectivity index (χ2v) is 5.32. The lowest BCUT2D eigenvalue weighted by Gasteiger charge is -2.17. The summed E-state index contributed by atoms with van der Waals surface area (Å²) in [7, 11) is 0. The van der Waals surface area contributed by atoms with Gasteiger partial charge in [0.15, 0.2) is 0 Å². The van der Waals surface area contributed by atoms with Gasteiger partial charge in [-0.15, -0.1) is 11.3 Å². The minimum atomic E-state index is 0.309. The third-order valence-electron chi connectivity index (χ3n) is 2.77. The molecule has 2 heterocycles. The fraction of sp³-hybridized carbons (Fsp3) is 0.429. The lowest BCUT2D eigenvalue weighted by atomic mass is 10.1. The predicted molar refractivity (Wildman–Crippen MR) is 75.8 cm³/mol. The van der Waals surface area contributed by atoms with Crippen molar-refractivity contribution in [2.75, 3.05) is 6.54 Å². The number of thiazole rings is 1. The summed E-state index contributed by atoms with van der Waals surface area (Å²) >= 11 is 1.73. The molecule has 0 spiro atoms. The van der Waals surface area contributed by atoms with Crippen LogP contribution < -0.4 is 5.32 Å². The number of hydrogen-bond acceptors (Lipinski definition) is 4. The van der Waals surface area contributed by atoms with Gasteiger partial charge in [-0.2, -0.15) is 0 Å². The number of rotatable bonds is 6.